The number of aryl methyl sites for hydroxylation is 1. The van der Waals surface area contributed by atoms with Crippen molar-refractivity contribution in [3.05, 3.63) is 29.8 Å². The predicted octanol–water partition coefficient (Wildman–Crippen LogP) is 1.45. The van der Waals surface area contributed by atoms with Crippen LogP contribution in [0.2, 0.25) is 0 Å². The quantitative estimate of drug-likeness (QED) is 0.873. The van der Waals surface area contributed by atoms with Gasteiger partial charge in [0.15, 0.2) is 0 Å². The smallest absolute Gasteiger partial charge is 0.226 e. The van der Waals surface area contributed by atoms with E-state index in [-0.39, 0.29) is 5.91 Å². The van der Waals surface area contributed by atoms with E-state index in [1.165, 1.54) is 5.56 Å². The van der Waals surface area contributed by atoms with Crippen molar-refractivity contribution < 1.29 is 9.53 Å². The van der Waals surface area contributed by atoms with Crippen LogP contribution in [0.1, 0.15) is 18.9 Å². The molecule has 0 bridgehead atoms. The number of hydrogen-bond donors (Lipinski definition) is 1. The van der Waals surface area contributed by atoms with Gasteiger partial charge in [0.2, 0.25) is 5.91 Å². The van der Waals surface area contributed by atoms with Gasteiger partial charge in [-0.1, -0.05) is 19.1 Å². The van der Waals surface area contributed by atoms with E-state index in [1.807, 2.05) is 23.1 Å². The van der Waals surface area contributed by atoms with E-state index < -0.39 is 0 Å². The monoisotopic (exact) mass is 262 g/mol. The molecule has 0 aromatic heterocycles. The van der Waals surface area contributed by atoms with E-state index >= 15 is 0 Å². The predicted molar refractivity (Wildman–Crippen MR) is 75.4 cm³/mol. The second-order valence-electron chi connectivity index (χ2n) is 4.73. The molecule has 2 rings (SSSR count). The van der Waals surface area contributed by atoms with Crippen LogP contribution in [0, 0.1) is 0 Å². The number of ether oxygens (including phenoxy) is 1. The maximum atomic E-state index is 11.9. The SMILES string of the molecule is CCc1cccc(OCCC(=O)N2CCNCC2)c1. The van der Waals surface area contributed by atoms with Gasteiger partial charge >= 0.3 is 0 Å². The molecular weight excluding hydrogens is 240 g/mol. The average Bonchev–Trinajstić information content (AvgIpc) is 2.48. The molecule has 0 spiro atoms. The fraction of sp³-hybridized carbons (Fsp3) is 0.533. The Labute approximate surface area is 114 Å². The molecule has 1 saturated heterocycles. The van der Waals surface area contributed by atoms with Gasteiger partial charge in [-0.25, -0.2) is 0 Å². The van der Waals surface area contributed by atoms with Crippen molar-refractivity contribution in [3.8, 4) is 5.75 Å². The summed E-state index contributed by atoms with van der Waals surface area (Å²) in [5, 5.41) is 3.24. The molecule has 1 fully saturated rings. The summed E-state index contributed by atoms with van der Waals surface area (Å²) in [5.74, 6) is 1.04. The van der Waals surface area contributed by atoms with Crippen LogP contribution in [-0.4, -0.2) is 43.6 Å². The molecule has 4 nitrogen and oxygen atoms in total. The Morgan fingerprint density at radius 2 is 2.16 bits per heavy atom. The van der Waals surface area contributed by atoms with E-state index in [0.717, 1.165) is 38.3 Å². The fourth-order valence-corrected chi connectivity index (χ4v) is 2.18. The van der Waals surface area contributed by atoms with Gasteiger partial charge in [0, 0.05) is 26.2 Å². The fourth-order valence-electron chi connectivity index (χ4n) is 2.18. The Balaban J connectivity index is 1.74. The Morgan fingerprint density at radius 1 is 1.37 bits per heavy atom. The van der Waals surface area contributed by atoms with E-state index in [2.05, 4.69) is 18.3 Å². The molecule has 1 N–H and O–H groups in total. The van der Waals surface area contributed by atoms with Crippen molar-refractivity contribution in [2.24, 2.45) is 0 Å². The highest BCUT2D eigenvalue weighted by Crippen LogP contribution is 2.14. The van der Waals surface area contributed by atoms with Crippen molar-refractivity contribution in [2.75, 3.05) is 32.8 Å². The summed E-state index contributed by atoms with van der Waals surface area (Å²) in [6, 6.07) is 8.05. The number of nitrogens with one attached hydrogen (secondary N) is 1. The molecule has 104 valence electrons. The highest BCUT2D eigenvalue weighted by Gasteiger charge is 2.15. The van der Waals surface area contributed by atoms with Crippen LogP contribution in [0.3, 0.4) is 0 Å². The maximum Gasteiger partial charge on any atom is 0.226 e. The molecule has 0 unspecified atom stereocenters. The minimum absolute atomic E-state index is 0.188. The lowest BCUT2D eigenvalue weighted by molar-refractivity contribution is -0.132. The van der Waals surface area contributed by atoms with Gasteiger partial charge in [-0.15, -0.1) is 0 Å². The van der Waals surface area contributed by atoms with Gasteiger partial charge in [0.25, 0.3) is 0 Å². The standard InChI is InChI=1S/C15H22N2O2/c1-2-13-4-3-5-14(12-13)19-11-6-15(18)17-9-7-16-8-10-17/h3-5,12,16H,2,6-11H2,1H3. The van der Waals surface area contributed by atoms with Crippen molar-refractivity contribution in [3.63, 3.8) is 0 Å². The number of rotatable bonds is 5. The summed E-state index contributed by atoms with van der Waals surface area (Å²) in [6.45, 7) is 5.98. The summed E-state index contributed by atoms with van der Waals surface area (Å²) in [6.07, 6.45) is 1.45. The summed E-state index contributed by atoms with van der Waals surface area (Å²) in [4.78, 5) is 13.8. The highest BCUT2D eigenvalue weighted by atomic mass is 16.5. The first-order chi connectivity index (χ1) is 9.29. The molecule has 1 aliphatic rings. The summed E-state index contributed by atoms with van der Waals surface area (Å²) in [5.41, 5.74) is 1.26. The van der Waals surface area contributed by atoms with Gasteiger partial charge in [0.05, 0.1) is 13.0 Å². The van der Waals surface area contributed by atoms with Crippen molar-refractivity contribution >= 4 is 5.91 Å². The summed E-state index contributed by atoms with van der Waals surface area (Å²) in [7, 11) is 0. The third kappa shape index (κ3) is 4.24. The van der Waals surface area contributed by atoms with Gasteiger partial charge in [-0.05, 0) is 24.1 Å². The van der Waals surface area contributed by atoms with E-state index in [0.29, 0.717) is 13.0 Å². The second-order valence-corrected chi connectivity index (χ2v) is 4.73. The summed E-state index contributed by atoms with van der Waals surface area (Å²) < 4.78 is 5.65. The molecule has 1 aromatic carbocycles. The molecule has 1 aromatic rings. The molecule has 0 radical (unpaired) electrons. The normalized spacial score (nSPS) is 15.3. The number of benzene rings is 1. The van der Waals surface area contributed by atoms with E-state index in [9.17, 15) is 4.79 Å². The van der Waals surface area contributed by atoms with Gasteiger partial charge in [0.1, 0.15) is 5.75 Å². The van der Waals surface area contributed by atoms with Crippen molar-refractivity contribution in [1.29, 1.82) is 0 Å². The molecule has 0 saturated carbocycles. The van der Waals surface area contributed by atoms with Crippen molar-refractivity contribution in [1.82, 2.24) is 10.2 Å². The minimum Gasteiger partial charge on any atom is -0.493 e. The number of amides is 1. The zero-order chi connectivity index (χ0) is 13.5. The zero-order valence-corrected chi connectivity index (χ0v) is 11.5. The lowest BCUT2D eigenvalue weighted by Gasteiger charge is -2.27. The maximum absolute atomic E-state index is 11.9. The molecule has 19 heavy (non-hydrogen) atoms. The number of carbonyl (C=O) groups excluding carboxylic acids is 1. The van der Waals surface area contributed by atoms with Gasteiger partial charge < -0.3 is 15.0 Å². The van der Waals surface area contributed by atoms with Crippen LogP contribution < -0.4 is 10.1 Å². The summed E-state index contributed by atoms with van der Waals surface area (Å²) >= 11 is 0. The molecule has 0 atom stereocenters. The number of carbonyl (C=O) groups is 1. The Kier molecular flexibility index (Phi) is 5.21. The molecule has 0 aliphatic carbocycles. The van der Waals surface area contributed by atoms with Crippen LogP contribution in [0.5, 0.6) is 5.75 Å². The number of piperazine rings is 1. The Bertz CT molecular complexity index is 414. The van der Waals surface area contributed by atoms with Crippen LogP contribution >= 0.6 is 0 Å². The van der Waals surface area contributed by atoms with Gasteiger partial charge in [-0.2, -0.15) is 0 Å². The zero-order valence-electron chi connectivity index (χ0n) is 11.5. The molecule has 1 heterocycles. The molecular formula is C15H22N2O2. The second kappa shape index (κ2) is 7.14. The van der Waals surface area contributed by atoms with Crippen molar-refractivity contribution in [2.45, 2.75) is 19.8 Å². The van der Waals surface area contributed by atoms with Crippen LogP contribution in [-0.2, 0) is 11.2 Å². The lowest BCUT2D eigenvalue weighted by atomic mass is 10.2. The topological polar surface area (TPSA) is 41.6 Å². The molecule has 1 aliphatic heterocycles. The first-order valence-electron chi connectivity index (χ1n) is 7.00. The number of hydrogen-bond acceptors (Lipinski definition) is 3. The third-order valence-corrected chi connectivity index (χ3v) is 3.36. The average molecular weight is 262 g/mol. The van der Waals surface area contributed by atoms with E-state index in [4.69, 9.17) is 4.74 Å². The molecule has 1 amide bonds. The Morgan fingerprint density at radius 3 is 2.89 bits per heavy atom. The third-order valence-electron chi connectivity index (χ3n) is 3.36. The highest BCUT2D eigenvalue weighted by molar-refractivity contribution is 5.76. The first kappa shape index (κ1) is 13.9. The van der Waals surface area contributed by atoms with Crippen LogP contribution in [0.25, 0.3) is 0 Å². The first-order valence-corrected chi connectivity index (χ1v) is 7.00. The molecule has 4 heteroatoms. The van der Waals surface area contributed by atoms with E-state index in [1.54, 1.807) is 0 Å². The van der Waals surface area contributed by atoms with Gasteiger partial charge in [-0.3, -0.25) is 4.79 Å². The lowest BCUT2D eigenvalue weighted by Crippen LogP contribution is -2.46. The largest absolute Gasteiger partial charge is 0.493 e. The minimum atomic E-state index is 0.188. The van der Waals surface area contributed by atoms with Crippen LogP contribution in [0.15, 0.2) is 24.3 Å². The number of nitrogens with zero attached hydrogens (tertiary/aromatic N) is 1. The van der Waals surface area contributed by atoms with Crippen LogP contribution in [0.4, 0.5) is 0 Å². The Hall–Kier alpha value is -1.55.